The van der Waals surface area contributed by atoms with Crippen molar-refractivity contribution in [3.63, 3.8) is 0 Å². The molecule has 5 heterocycles. The molecule has 0 spiro atoms. The van der Waals surface area contributed by atoms with Crippen LogP contribution in [-0.2, 0) is 16.1 Å². The number of hydrogen-bond acceptors (Lipinski definition) is 5. The van der Waals surface area contributed by atoms with Crippen molar-refractivity contribution in [1.82, 2.24) is 24.3 Å². The zero-order valence-electron chi connectivity index (χ0n) is 20.7. The van der Waals surface area contributed by atoms with E-state index in [0.29, 0.717) is 18.1 Å². The minimum atomic E-state index is -0.546. The Balaban J connectivity index is 1.37. The van der Waals surface area contributed by atoms with Gasteiger partial charge in [0.15, 0.2) is 0 Å². The molecular weight excluding hydrogens is 478 g/mol. The molecule has 2 bridgehead atoms. The molecule has 0 unspecified atom stereocenters. The molecule has 9 heteroatoms. The fourth-order valence-corrected chi connectivity index (χ4v) is 5.17. The summed E-state index contributed by atoms with van der Waals surface area (Å²) in [6.45, 7) is 6.79. The molecule has 3 saturated heterocycles. The lowest BCUT2D eigenvalue weighted by Crippen LogP contribution is -2.65. The summed E-state index contributed by atoms with van der Waals surface area (Å²) in [5, 5.41) is 0.652. The van der Waals surface area contributed by atoms with E-state index in [1.54, 1.807) is 23.6 Å². The van der Waals surface area contributed by atoms with Crippen LogP contribution in [-0.4, -0.2) is 67.1 Å². The predicted octanol–water partition coefficient (Wildman–Crippen LogP) is 4.88. The van der Waals surface area contributed by atoms with Gasteiger partial charge in [-0.25, -0.2) is 9.78 Å². The number of nitrogens with zero attached hydrogens (tertiary/aromatic N) is 5. The first-order valence-electron chi connectivity index (χ1n) is 12.2. The fourth-order valence-electron chi connectivity index (χ4n) is 5.05. The highest BCUT2D eigenvalue weighted by atomic mass is 35.5. The van der Waals surface area contributed by atoms with E-state index >= 15 is 0 Å². The third kappa shape index (κ3) is 4.95. The first-order chi connectivity index (χ1) is 17.2. The molecule has 2 aromatic heterocycles. The van der Waals surface area contributed by atoms with Gasteiger partial charge in [-0.1, -0.05) is 23.7 Å². The van der Waals surface area contributed by atoms with Gasteiger partial charge in [0.05, 0.1) is 23.8 Å². The number of hydrogen-bond donors (Lipinski definition) is 0. The Kier molecular flexibility index (Phi) is 6.47. The molecule has 0 radical (unpaired) electrons. The normalized spacial score (nSPS) is 19.4. The molecule has 2 amide bonds. The van der Waals surface area contributed by atoms with Gasteiger partial charge in [-0.15, -0.1) is 0 Å². The third-order valence-electron chi connectivity index (χ3n) is 6.69. The molecule has 1 aromatic carbocycles. The van der Waals surface area contributed by atoms with Crippen molar-refractivity contribution < 1.29 is 14.3 Å². The fraction of sp³-hybridized carbons (Fsp3) is 0.407. The minimum absolute atomic E-state index is 0.0151. The lowest BCUT2D eigenvalue weighted by atomic mass is 9.91. The summed E-state index contributed by atoms with van der Waals surface area (Å²) >= 11 is 6.09. The molecule has 8 nitrogen and oxygen atoms in total. The SMILES string of the molecule is CC(C)(C)OC(=O)N1C[C@H]2CC[C@@H]1CN2C(=O)Cn1cnc(-c2ccc(Cl)cc2)c1-c1ccncc1. The second kappa shape index (κ2) is 9.58. The molecule has 0 saturated carbocycles. The number of pyridine rings is 1. The van der Waals surface area contributed by atoms with Gasteiger partial charge >= 0.3 is 6.09 Å². The van der Waals surface area contributed by atoms with Crippen LogP contribution in [0.3, 0.4) is 0 Å². The van der Waals surface area contributed by atoms with Crippen LogP contribution >= 0.6 is 11.6 Å². The minimum Gasteiger partial charge on any atom is -0.444 e. The standard InChI is InChI=1S/C27H30ClN5O3/c1-27(2,3)36-26(35)33-15-21-8-9-22(33)14-32(21)23(34)16-31-17-30-24(18-4-6-20(28)7-5-18)25(31)19-10-12-29-13-11-19/h4-7,10-13,17,21-22H,8-9,14-16H2,1-3H3/t21-,22-/m1/s1. The average molecular weight is 508 g/mol. The maximum absolute atomic E-state index is 13.5. The van der Waals surface area contributed by atoms with Crippen molar-refractivity contribution in [2.45, 2.75) is 57.8 Å². The number of carbonyl (C=O) groups excluding carboxylic acids is 2. The van der Waals surface area contributed by atoms with Gasteiger partial charge in [-0.3, -0.25) is 9.78 Å². The maximum Gasteiger partial charge on any atom is 0.410 e. The molecule has 3 aromatic rings. The Labute approximate surface area is 215 Å². The van der Waals surface area contributed by atoms with E-state index in [1.165, 1.54) is 0 Å². The highest BCUT2D eigenvalue weighted by molar-refractivity contribution is 6.30. The zero-order chi connectivity index (χ0) is 25.4. The number of fused-ring (bicyclic) bond motifs is 3. The lowest BCUT2D eigenvalue weighted by Gasteiger charge is -2.51. The van der Waals surface area contributed by atoms with Crippen molar-refractivity contribution in [3.8, 4) is 22.5 Å². The Bertz CT molecular complexity index is 1250. The summed E-state index contributed by atoms with van der Waals surface area (Å²) < 4.78 is 7.49. The molecule has 3 aliphatic heterocycles. The Morgan fingerprint density at radius 2 is 1.61 bits per heavy atom. The highest BCUT2D eigenvalue weighted by Gasteiger charge is 2.44. The van der Waals surface area contributed by atoms with Crippen molar-refractivity contribution in [1.29, 1.82) is 0 Å². The first-order valence-corrected chi connectivity index (χ1v) is 12.6. The van der Waals surface area contributed by atoms with Gasteiger partial charge in [0.1, 0.15) is 12.1 Å². The number of amides is 2. The number of imidazole rings is 1. The van der Waals surface area contributed by atoms with Crippen molar-refractivity contribution in [2.75, 3.05) is 13.1 Å². The molecule has 3 aliphatic rings. The van der Waals surface area contributed by atoms with Crippen molar-refractivity contribution in [2.24, 2.45) is 0 Å². The number of ether oxygens (including phenoxy) is 1. The Hall–Kier alpha value is -3.39. The van der Waals surface area contributed by atoms with Crippen LogP contribution in [0.15, 0.2) is 55.1 Å². The van der Waals surface area contributed by atoms with E-state index in [1.807, 2.05) is 66.6 Å². The molecule has 36 heavy (non-hydrogen) atoms. The van der Waals surface area contributed by atoms with E-state index in [4.69, 9.17) is 16.3 Å². The summed E-state index contributed by atoms with van der Waals surface area (Å²) in [5.41, 5.74) is 2.93. The van der Waals surface area contributed by atoms with Crippen LogP contribution in [0.2, 0.25) is 5.02 Å². The zero-order valence-corrected chi connectivity index (χ0v) is 21.5. The van der Waals surface area contributed by atoms with Gasteiger partial charge < -0.3 is 19.1 Å². The smallest absolute Gasteiger partial charge is 0.410 e. The average Bonchev–Trinajstić information content (AvgIpc) is 3.27. The lowest BCUT2D eigenvalue weighted by molar-refractivity contribution is -0.142. The number of halogens is 1. The molecule has 3 fully saturated rings. The Morgan fingerprint density at radius 3 is 2.22 bits per heavy atom. The summed E-state index contributed by atoms with van der Waals surface area (Å²) in [6.07, 6.45) is 6.64. The third-order valence-corrected chi connectivity index (χ3v) is 6.94. The van der Waals surface area contributed by atoms with Crippen LogP contribution in [0, 0.1) is 0 Å². The van der Waals surface area contributed by atoms with E-state index in [2.05, 4.69) is 9.97 Å². The summed E-state index contributed by atoms with van der Waals surface area (Å²) in [7, 11) is 0. The largest absolute Gasteiger partial charge is 0.444 e. The van der Waals surface area contributed by atoms with Gasteiger partial charge in [0.25, 0.3) is 0 Å². The number of benzene rings is 1. The summed E-state index contributed by atoms with van der Waals surface area (Å²) in [6, 6.07) is 11.3. The number of piperazine rings is 1. The molecule has 6 rings (SSSR count). The van der Waals surface area contributed by atoms with E-state index < -0.39 is 5.60 Å². The molecule has 0 aliphatic carbocycles. The number of carbonyl (C=O) groups is 2. The van der Waals surface area contributed by atoms with Crippen LogP contribution in [0.25, 0.3) is 22.5 Å². The number of piperidine rings is 2. The van der Waals surface area contributed by atoms with Crippen molar-refractivity contribution >= 4 is 23.6 Å². The van der Waals surface area contributed by atoms with E-state index in [0.717, 1.165) is 35.4 Å². The number of rotatable bonds is 4. The Morgan fingerprint density at radius 1 is 0.972 bits per heavy atom. The van der Waals surface area contributed by atoms with E-state index in [9.17, 15) is 9.59 Å². The van der Waals surface area contributed by atoms with Gasteiger partial charge in [-0.05, 0) is 57.9 Å². The topological polar surface area (TPSA) is 80.6 Å². The van der Waals surface area contributed by atoms with Gasteiger partial charge in [0, 0.05) is 47.7 Å². The van der Waals surface area contributed by atoms with Crippen LogP contribution in [0.5, 0.6) is 0 Å². The summed E-state index contributed by atoms with van der Waals surface area (Å²) in [5.74, 6) is 0.0175. The monoisotopic (exact) mass is 507 g/mol. The molecule has 188 valence electrons. The highest BCUT2D eigenvalue weighted by Crippen LogP contribution is 2.33. The molecule has 2 atom stereocenters. The molecular formula is C27H30ClN5O3. The van der Waals surface area contributed by atoms with Crippen LogP contribution in [0.1, 0.15) is 33.6 Å². The maximum atomic E-state index is 13.5. The summed E-state index contributed by atoms with van der Waals surface area (Å²) in [4.78, 5) is 38.8. The van der Waals surface area contributed by atoms with Crippen molar-refractivity contribution in [3.05, 3.63) is 60.1 Å². The first kappa shape index (κ1) is 24.3. The molecule has 0 N–H and O–H groups in total. The second-order valence-electron chi connectivity index (χ2n) is 10.4. The quantitative estimate of drug-likeness (QED) is 0.503. The van der Waals surface area contributed by atoms with Crippen LogP contribution in [0.4, 0.5) is 4.79 Å². The predicted molar refractivity (Wildman–Crippen MR) is 137 cm³/mol. The van der Waals surface area contributed by atoms with E-state index in [-0.39, 0.29) is 30.6 Å². The number of aromatic nitrogens is 3. The second-order valence-corrected chi connectivity index (χ2v) is 10.8. The van der Waals surface area contributed by atoms with Gasteiger partial charge in [-0.2, -0.15) is 0 Å². The van der Waals surface area contributed by atoms with Gasteiger partial charge in [0.2, 0.25) is 5.91 Å². The van der Waals surface area contributed by atoms with Crippen LogP contribution < -0.4 is 0 Å².